The molecule has 3 heterocycles. The van der Waals surface area contributed by atoms with Gasteiger partial charge in [-0.25, -0.2) is 9.97 Å². The highest BCUT2D eigenvalue weighted by molar-refractivity contribution is 6.02. The number of aromatic nitrogens is 3. The summed E-state index contributed by atoms with van der Waals surface area (Å²) in [7, 11) is 0. The van der Waals surface area contributed by atoms with E-state index in [0.29, 0.717) is 11.6 Å². The Morgan fingerprint density at radius 1 is 1.20 bits per heavy atom. The lowest BCUT2D eigenvalue weighted by atomic mass is 10.0. The van der Waals surface area contributed by atoms with Crippen LogP contribution in [0.4, 0.5) is 11.6 Å². The van der Waals surface area contributed by atoms with Crippen LogP contribution in [0.5, 0.6) is 0 Å². The zero-order valence-corrected chi connectivity index (χ0v) is 13.8. The molecule has 0 spiro atoms. The Hall–Kier alpha value is -3.22. The molecule has 0 fully saturated rings. The van der Waals surface area contributed by atoms with Crippen molar-refractivity contribution in [3.05, 3.63) is 65.3 Å². The third kappa shape index (κ3) is 3.21. The number of nitrogens with zero attached hydrogens (tertiary/aromatic N) is 4. The van der Waals surface area contributed by atoms with Crippen LogP contribution in [0.15, 0.2) is 47.2 Å². The molecule has 25 heavy (non-hydrogen) atoms. The number of rotatable bonds is 3. The van der Waals surface area contributed by atoms with Gasteiger partial charge >= 0.3 is 0 Å². The van der Waals surface area contributed by atoms with E-state index in [1.54, 1.807) is 19.2 Å². The van der Waals surface area contributed by atoms with Crippen LogP contribution in [0.3, 0.4) is 0 Å². The van der Waals surface area contributed by atoms with Crippen molar-refractivity contribution in [2.45, 2.75) is 19.9 Å². The molecule has 1 aliphatic heterocycles. The van der Waals surface area contributed by atoms with Gasteiger partial charge < -0.3 is 14.7 Å². The number of hydrogen-bond donors (Lipinski definition) is 1. The maximum atomic E-state index is 12.2. The number of hydrogen-bond acceptors (Lipinski definition) is 6. The normalized spacial score (nSPS) is 13.4. The smallest absolute Gasteiger partial charge is 0.277 e. The van der Waals surface area contributed by atoms with Gasteiger partial charge in [-0.15, -0.1) is 0 Å². The number of fused-ring (bicyclic) bond motifs is 1. The molecule has 1 amide bonds. The van der Waals surface area contributed by atoms with Gasteiger partial charge in [-0.1, -0.05) is 29.4 Å². The molecule has 3 aromatic rings. The van der Waals surface area contributed by atoms with Crippen molar-refractivity contribution in [3.8, 4) is 0 Å². The topological polar surface area (TPSA) is 84.2 Å². The minimum Gasteiger partial charge on any atom is -0.360 e. The Bertz CT molecular complexity index is 904. The largest absolute Gasteiger partial charge is 0.360 e. The summed E-state index contributed by atoms with van der Waals surface area (Å²) < 4.78 is 4.92. The number of carbonyl (C=O) groups excluding carboxylic acids is 1. The highest BCUT2D eigenvalue weighted by Crippen LogP contribution is 2.22. The Morgan fingerprint density at radius 3 is 2.76 bits per heavy atom. The summed E-state index contributed by atoms with van der Waals surface area (Å²) in [6.07, 6.45) is 4.10. The van der Waals surface area contributed by atoms with Crippen LogP contribution >= 0.6 is 0 Å². The highest BCUT2D eigenvalue weighted by atomic mass is 16.5. The van der Waals surface area contributed by atoms with Crippen molar-refractivity contribution in [2.24, 2.45) is 0 Å². The summed E-state index contributed by atoms with van der Waals surface area (Å²) in [6, 6.07) is 10.1. The van der Waals surface area contributed by atoms with Gasteiger partial charge in [-0.3, -0.25) is 4.79 Å². The molecule has 0 radical (unpaired) electrons. The molecule has 0 saturated heterocycles. The number of anilines is 2. The van der Waals surface area contributed by atoms with Crippen molar-refractivity contribution in [1.82, 2.24) is 15.1 Å². The first-order valence-electron chi connectivity index (χ1n) is 8.07. The molecule has 0 bridgehead atoms. The molecular weight excluding hydrogens is 318 g/mol. The molecule has 1 N–H and O–H groups in total. The van der Waals surface area contributed by atoms with E-state index in [9.17, 15) is 4.79 Å². The van der Waals surface area contributed by atoms with Gasteiger partial charge in [-0.2, -0.15) is 0 Å². The molecule has 1 aromatic carbocycles. The van der Waals surface area contributed by atoms with Gasteiger partial charge in [0.2, 0.25) is 0 Å². The van der Waals surface area contributed by atoms with Crippen molar-refractivity contribution in [1.29, 1.82) is 0 Å². The minimum absolute atomic E-state index is 0.238. The first kappa shape index (κ1) is 15.3. The fourth-order valence-corrected chi connectivity index (χ4v) is 2.90. The molecule has 0 saturated carbocycles. The molecule has 7 nitrogen and oxygen atoms in total. The van der Waals surface area contributed by atoms with Crippen molar-refractivity contribution in [2.75, 3.05) is 16.8 Å². The van der Waals surface area contributed by atoms with E-state index in [-0.39, 0.29) is 11.6 Å². The van der Waals surface area contributed by atoms with Crippen LogP contribution in [0.1, 0.15) is 27.4 Å². The predicted molar refractivity (Wildman–Crippen MR) is 92.4 cm³/mol. The second kappa shape index (κ2) is 6.35. The summed E-state index contributed by atoms with van der Waals surface area (Å²) in [5, 5.41) is 6.36. The molecule has 7 heteroatoms. The van der Waals surface area contributed by atoms with E-state index in [2.05, 4.69) is 43.5 Å². The second-order valence-corrected chi connectivity index (χ2v) is 5.98. The van der Waals surface area contributed by atoms with Crippen LogP contribution in [-0.2, 0) is 13.0 Å². The van der Waals surface area contributed by atoms with Gasteiger partial charge in [0.1, 0.15) is 17.3 Å². The fourth-order valence-electron chi connectivity index (χ4n) is 2.90. The molecule has 1 aliphatic rings. The average molecular weight is 335 g/mol. The first-order valence-corrected chi connectivity index (χ1v) is 8.07. The van der Waals surface area contributed by atoms with Crippen molar-refractivity contribution >= 4 is 17.5 Å². The molecule has 4 rings (SSSR count). The van der Waals surface area contributed by atoms with E-state index in [4.69, 9.17) is 4.52 Å². The number of nitrogens with one attached hydrogen (secondary N) is 1. The predicted octanol–water partition coefficient (Wildman–Crippen LogP) is 2.59. The molecule has 0 unspecified atom stereocenters. The monoisotopic (exact) mass is 335 g/mol. The van der Waals surface area contributed by atoms with Crippen LogP contribution in [0.2, 0.25) is 0 Å². The number of benzene rings is 1. The second-order valence-electron chi connectivity index (χ2n) is 5.98. The van der Waals surface area contributed by atoms with Gasteiger partial charge in [0.15, 0.2) is 5.82 Å². The van der Waals surface area contributed by atoms with E-state index >= 15 is 0 Å². The van der Waals surface area contributed by atoms with E-state index in [0.717, 1.165) is 25.3 Å². The molecule has 0 aliphatic carbocycles. The van der Waals surface area contributed by atoms with E-state index in [1.165, 1.54) is 17.3 Å². The minimum atomic E-state index is -0.365. The zero-order valence-electron chi connectivity index (χ0n) is 13.8. The van der Waals surface area contributed by atoms with Crippen LogP contribution in [0.25, 0.3) is 0 Å². The summed E-state index contributed by atoms with van der Waals surface area (Å²) >= 11 is 0. The van der Waals surface area contributed by atoms with Crippen LogP contribution in [-0.4, -0.2) is 27.6 Å². The maximum Gasteiger partial charge on any atom is 0.277 e. The van der Waals surface area contributed by atoms with Crippen molar-refractivity contribution in [3.63, 3.8) is 0 Å². The quantitative estimate of drug-likeness (QED) is 0.792. The number of carbonyl (C=O) groups is 1. The lowest BCUT2D eigenvalue weighted by Crippen LogP contribution is -2.31. The molecule has 0 atom stereocenters. The lowest BCUT2D eigenvalue weighted by molar-refractivity contribution is 0.102. The summed E-state index contributed by atoms with van der Waals surface area (Å²) in [6.45, 7) is 3.44. The number of amides is 1. The number of aryl methyl sites for hydroxylation is 1. The fraction of sp³-hybridized carbons (Fsp3) is 0.222. The molecule has 126 valence electrons. The Labute approximate surface area is 144 Å². The van der Waals surface area contributed by atoms with Gasteiger partial charge in [0, 0.05) is 19.2 Å². The highest BCUT2D eigenvalue weighted by Gasteiger charge is 2.18. The van der Waals surface area contributed by atoms with Gasteiger partial charge in [0.05, 0.1) is 12.4 Å². The Morgan fingerprint density at radius 2 is 2.04 bits per heavy atom. The van der Waals surface area contributed by atoms with Gasteiger partial charge in [0.25, 0.3) is 5.91 Å². The summed E-state index contributed by atoms with van der Waals surface area (Å²) in [5.74, 6) is 1.39. The SMILES string of the molecule is Cc1cc(NC(=O)c2cnc(N3CCc4ccccc4C3)cn2)no1. The van der Waals surface area contributed by atoms with Gasteiger partial charge in [-0.05, 0) is 24.5 Å². The maximum absolute atomic E-state index is 12.2. The van der Waals surface area contributed by atoms with Crippen LogP contribution < -0.4 is 10.2 Å². The molecule has 2 aromatic heterocycles. The summed E-state index contributed by atoms with van der Waals surface area (Å²) in [4.78, 5) is 23.0. The van der Waals surface area contributed by atoms with Crippen molar-refractivity contribution < 1.29 is 9.32 Å². The Kier molecular flexibility index (Phi) is 3.89. The van der Waals surface area contributed by atoms with E-state index < -0.39 is 0 Å². The third-order valence-electron chi connectivity index (χ3n) is 4.20. The third-order valence-corrected chi connectivity index (χ3v) is 4.20. The van der Waals surface area contributed by atoms with Crippen LogP contribution in [0, 0.1) is 6.92 Å². The zero-order chi connectivity index (χ0) is 17.2. The van der Waals surface area contributed by atoms with E-state index in [1.807, 2.05) is 6.07 Å². The summed E-state index contributed by atoms with van der Waals surface area (Å²) in [5.41, 5.74) is 2.92. The molecular formula is C18H17N5O2. The lowest BCUT2D eigenvalue weighted by Gasteiger charge is -2.29. The first-order chi connectivity index (χ1) is 12.2. The Balaban J connectivity index is 1.46. The average Bonchev–Trinajstić information content (AvgIpc) is 3.06. The standard InChI is InChI=1S/C18H17N5O2/c1-12-8-16(22-25-12)21-18(24)15-9-20-17(10-19-15)23-7-6-13-4-2-3-5-14(13)11-23/h2-5,8-10H,6-7,11H2,1H3,(H,21,22,24).